The van der Waals surface area contributed by atoms with Gasteiger partial charge in [0.1, 0.15) is 12.4 Å². The second-order valence-corrected chi connectivity index (χ2v) is 5.01. The molecule has 1 aromatic carbocycles. The van der Waals surface area contributed by atoms with Crippen LogP contribution >= 0.6 is 0 Å². The van der Waals surface area contributed by atoms with Crippen LogP contribution in [0.25, 0.3) is 0 Å². The maximum Gasteiger partial charge on any atom is 0.130 e. The first-order chi connectivity index (χ1) is 9.56. The summed E-state index contributed by atoms with van der Waals surface area (Å²) in [6.07, 6.45) is 0.941. The summed E-state index contributed by atoms with van der Waals surface area (Å²) in [6, 6.07) is 6.02. The predicted molar refractivity (Wildman–Crippen MR) is 81.9 cm³/mol. The molecule has 108 valence electrons. The fourth-order valence-electron chi connectivity index (χ4n) is 2.29. The number of rotatable bonds is 5. The molecule has 2 aromatic rings. The van der Waals surface area contributed by atoms with Crippen LogP contribution in [-0.4, -0.2) is 9.78 Å². The highest BCUT2D eigenvalue weighted by Gasteiger charge is 2.10. The Hall–Kier alpha value is -1.97. The third-order valence-corrected chi connectivity index (χ3v) is 3.58. The van der Waals surface area contributed by atoms with Gasteiger partial charge in [0.2, 0.25) is 0 Å². The van der Waals surface area contributed by atoms with Gasteiger partial charge in [-0.25, -0.2) is 0 Å². The highest BCUT2D eigenvalue weighted by Crippen LogP contribution is 2.28. The highest BCUT2D eigenvalue weighted by molar-refractivity contribution is 5.56. The molecule has 0 aliphatic heterocycles. The van der Waals surface area contributed by atoms with Crippen molar-refractivity contribution >= 4 is 5.69 Å². The Balaban J connectivity index is 2.21. The molecule has 0 spiro atoms. The minimum atomic E-state index is 0.520. The number of hydrogen-bond acceptors (Lipinski definition) is 3. The van der Waals surface area contributed by atoms with Gasteiger partial charge in [0.05, 0.1) is 11.4 Å². The number of nitrogen functional groups attached to an aromatic ring is 1. The standard InChI is InChI=1S/C16H23N3O/c1-5-13-9-14(19(6-2)18-13)10-20-16-11(3)7-8-15(17)12(16)4/h7-9H,5-6,10,17H2,1-4H3. The summed E-state index contributed by atoms with van der Waals surface area (Å²) in [7, 11) is 0. The van der Waals surface area contributed by atoms with Gasteiger partial charge in [-0.15, -0.1) is 0 Å². The average molecular weight is 273 g/mol. The lowest BCUT2D eigenvalue weighted by atomic mass is 10.1. The highest BCUT2D eigenvalue weighted by atomic mass is 16.5. The lowest BCUT2D eigenvalue weighted by Gasteiger charge is -2.14. The van der Waals surface area contributed by atoms with Crippen molar-refractivity contribution < 1.29 is 4.74 Å². The van der Waals surface area contributed by atoms with Gasteiger partial charge < -0.3 is 10.5 Å². The Morgan fingerprint density at radius 3 is 2.65 bits per heavy atom. The summed E-state index contributed by atoms with van der Waals surface area (Å²) in [4.78, 5) is 0. The van der Waals surface area contributed by atoms with E-state index in [9.17, 15) is 0 Å². The van der Waals surface area contributed by atoms with Crippen LogP contribution in [0.1, 0.15) is 36.4 Å². The third-order valence-electron chi connectivity index (χ3n) is 3.58. The van der Waals surface area contributed by atoms with E-state index < -0.39 is 0 Å². The summed E-state index contributed by atoms with van der Waals surface area (Å²) in [5.41, 5.74) is 11.0. The minimum Gasteiger partial charge on any atom is -0.487 e. The van der Waals surface area contributed by atoms with Crippen molar-refractivity contribution in [2.45, 2.75) is 47.3 Å². The first-order valence-corrected chi connectivity index (χ1v) is 7.10. The van der Waals surface area contributed by atoms with Gasteiger partial charge in [-0.1, -0.05) is 13.0 Å². The van der Waals surface area contributed by atoms with E-state index in [-0.39, 0.29) is 0 Å². The molecular weight excluding hydrogens is 250 g/mol. The molecule has 0 aliphatic rings. The summed E-state index contributed by atoms with van der Waals surface area (Å²) in [5, 5.41) is 4.53. The number of nitrogens with zero attached hydrogens (tertiary/aromatic N) is 2. The second-order valence-electron chi connectivity index (χ2n) is 5.01. The van der Waals surface area contributed by atoms with Crippen LogP contribution in [0.4, 0.5) is 5.69 Å². The van der Waals surface area contributed by atoms with Gasteiger partial charge in [-0.05, 0) is 44.9 Å². The van der Waals surface area contributed by atoms with Crippen LogP contribution in [-0.2, 0) is 19.6 Å². The van der Waals surface area contributed by atoms with E-state index in [0.29, 0.717) is 6.61 Å². The van der Waals surface area contributed by atoms with Crippen LogP contribution in [0.3, 0.4) is 0 Å². The molecule has 2 N–H and O–H groups in total. The lowest BCUT2D eigenvalue weighted by Crippen LogP contribution is -2.07. The summed E-state index contributed by atoms with van der Waals surface area (Å²) in [5.74, 6) is 0.881. The molecule has 4 heteroatoms. The van der Waals surface area contributed by atoms with Crippen molar-refractivity contribution in [2.75, 3.05) is 5.73 Å². The average Bonchev–Trinajstić information content (AvgIpc) is 2.85. The number of aryl methyl sites for hydroxylation is 3. The number of ether oxygens (including phenoxy) is 1. The molecule has 0 bridgehead atoms. The SMILES string of the molecule is CCc1cc(COc2c(C)ccc(N)c2C)n(CC)n1. The van der Waals surface area contributed by atoms with Crippen LogP contribution in [0.2, 0.25) is 0 Å². The van der Waals surface area contributed by atoms with E-state index in [2.05, 4.69) is 25.0 Å². The molecule has 1 aromatic heterocycles. The first kappa shape index (κ1) is 14.4. The van der Waals surface area contributed by atoms with Crippen molar-refractivity contribution in [1.29, 1.82) is 0 Å². The summed E-state index contributed by atoms with van der Waals surface area (Å²) >= 11 is 0. The fourth-order valence-corrected chi connectivity index (χ4v) is 2.29. The van der Waals surface area contributed by atoms with Crippen LogP contribution in [0.15, 0.2) is 18.2 Å². The smallest absolute Gasteiger partial charge is 0.130 e. The summed E-state index contributed by atoms with van der Waals surface area (Å²) < 4.78 is 7.99. The quantitative estimate of drug-likeness (QED) is 0.851. The maximum atomic E-state index is 5.99. The van der Waals surface area contributed by atoms with Crippen molar-refractivity contribution in [2.24, 2.45) is 0 Å². The minimum absolute atomic E-state index is 0.520. The van der Waals surface area contributed by atoms with Gasteiger partial charge in [-0.2, -0.15) is 5.10 Å². The molecule has 0 fully saturated rings. The summed E-state index contributed by atoms with van der Waals surface area (Å²) in [6.45, 7) is 9.61. The molecule has 0 saturated carbocycles. The number of aromatic nitrogens is 2. The Morgan fingerprint density at radius 1 is 1.25 bits per heavy atom. The number of nitrogens with two attached hydrogens (primary N) is 1. The molecule has 0 radical (unpaired) electrons. The van der Waals surface area contributed by atoms with E-state index in [1.807, 2.05) is 30.7 Å². The molecule has 2 rings (SSSR count). The van der Waals surface area contributed by atoms with Crippen molar-refractivity contribution in [3.05, 3.63) is 40.7 Å². The Kier molecular flexibility index (Phi) is 4.32. The lowest BCUT2D eigenvalue weighted by molar-refractivity contribution is 0.289. The fraction of sp³-hybridized carbons (Fsp3) is 0.438. The zero-order valence-electron chi connectivity index (χ0n) is 12.7. The van der Waals surface area contributed by atoms with Crippen LogP contribution < -0.4 is 10.5 Å². The molecule has 0 aliphatic carbocycles. The van der Waals surface area contributed by atoms with Gasteiger partial charge in [0.15, 0.2) is 0 Å². The monoisotopic (exact) mass is 273 g/mol. The topological polar surface area (TPSA) is 53.1 Å². The van der Waals surface area contributed by atoms with Gasteiger partial charge in [-0.3, -0.25) is 4.68 Å². The number of hydrogen-bond donors (Lipinski definition) is 1. The zero-order chi connectivity index (χ0) is 14.7. The Bertz CT molecular complexity index is 602. The Morgan fingerprint density at radius 2 is 2.00 bits per heavy atom. The predicted octanol–water partition coefficient (Wildman–Crippen LogP) is 3.24. The van der Waals surface area contributed by atoms with Crippen molar-refractivity contribution in [3.8, 4) is 5.75 Å². The second kappa shape index (κ2) is 5.99. The van der Waals surface area contributed by atoms with Crippen LogP contribution in [0.5, 0.6) is 5.75 Å². The molecule has 0 saturated heterocycles. The number of anilines is 1. The molecule has 0 atom stereocenters. The van der Waals surface area contributed by atoms with E-state index in [1.54, 1.807) is 0 Å². The maximum absolute atomic E-state index is 5.99. The van der Waals surface area contributed by atoms with Crippen molar-refractivity contribution in [1.82, 2.24) is 9.78 Å². The molecular formula is C16H23N3O. The van der Waals surface area contributed by atoms with E-state index in [1.165, 1.54) is 0 Å². The molecule has 1 heterocycles. The zero-order valence-corrected chi connectivity index (χ0v) is 12.7. The third kappa shape index (κ3) is 2.79. The number of benzene rings is 1. The molecule has 0 amide bonds. The van der Waals surface area contributed by atoms with Gasteiger partial charge in [0.25, 0.3) is 0 Å². The van der Waals surface area contributed by atoms with E-state index in [4.69, 9.17) is 10.5 Å². The van der Waals surface area contributed by atoms with Crippen LogP contribution in [0, 0.1) is 13.8 Å². The van der Waals surface area contributed by atoms with Gasteiger partial charge >= 0.3 is 0 Å². The first-order valence-electron chi connectivity index (χ1n) is 7.10. The largest absolute Gasteiger partial charge is 0.487 e. The molecule has 4 nitrogen and oxygen atoms in total. The normalized spacial score (nSPS) is 10.8. The molecule has 20 heavy (non-hydrogen) atoms. The van der Waals surface area contributed by atoms with Crippen molar-refractivity contribution in [3.63, 3.8) is 0 Å². The Labute approximate surface area is 120 Å². The van der Waals surface area contributed by atoms with E-state index in [0.717, 1.165) is 46.9 Å². The van der Waals surface area contributed by atoms with Gasteiger partial charge in [0, 0.05) is 17.8 Å². The van der Waals surface area contributed by atoms with E-state index >= 15 is 0 Å². The molecule has 0 unspecified atom stereocenters.